The van der Waals surface area contributed by atoms with E-state index >= 15 is 0 Å². The zero-order valence-corrected chi connectivity index (χ0v) is 16.4. The second kappa shape index (κ2) is 10.9. The first-order chi connectivity index (χ1) is 13.8. The molecule has 0 aromatic heterocycles. The Bertz CT molecular complexity index is 802. The summed E-state index contributed by atoms with van der Waals surface area (Å²) in [5, 5.41) is 6.82. The molecule has 0 spiro atoms. The molecule has 3 aromatic carbocycles. The van der Waals surface area contributed by atoms with Crippen LogP contribution in [0.2, 0.25) is 0 Å². The number of anilines is 2. The fourth-order valence-corrected chi connectivity index (χ4v) is 2.68. The van der Waals surface area contributed by atoms with E-state index in [2.05, 4.69) is 29.7 Å². The smallest absolute Gasteiger partial charge is 0.127 e. The van der Waals surface area contributed by atoms with E-state index in [9.17, 15) is 0 Å². The van der Waals surface area contributed by atoms with Crippen molar-refractivity contribution >= 4 is 11.4 Å². The van der Waals surface area contributed by atoms with Crippen LogP contribution >= 0.6 is 0 Å². The Hall–Kier alpha value is -3.14. The molecule has 0 bridgehead atoms. The van der Waals surface area contributed by atoms with E-state index in [-0.39, 0.29) is 0 Å². The van der Waals surface area contributed by atoms with Crippen LogP contribution in [-0.4, -0.2) is 19.7 Å². The van der Waals surface area contributed by atoms with Gasteiger partial charge in [-0.1, -0.05) is 31.5 Å². The summed E-state index contributed by atoms with van der Waals surface area (Å²) >= 11 is 0. The van der Waals surface area contributed by atoms with Gasteiger partial charge in [0, 0.05) is 24.5 Å². The van der Waals surface area contributed by atoms with Crippen LogP contribution in [0.3, 0.4) is 0 Å². The van der Waals surface area contributed by atoms with Crippen LogP contribution in [0.15, 0.2) is 78.9 Å². The second-order valence-corrected chi connectivity index (χ2v) is 6.52. The topological polar surface area (TPSA) is 42.5 Å². The monoisotopic (exact) mass is 376 g/mol. The lowest BCUT2D eigenvalue weighted by molar-refractivity contribution is 0.309. The van der Waals surface area contributed by atoms with Gasteiger partial charge in [0.25, 0.3) is 0 Å². The summed E-state index contributed by atoms with van der Waals surface area (Å²) in [6.45, 7) is 4.60. The van der Waals surface area contributed by atoms with E-state index in [1.165, 1.54) is 0 Å². The molecule has 0 heterocycles. The first-order valence-electron chi connectivity index (χ1n) is 9.87. The molecule has 146 valence electrons. The van der Waals surface area contributed by atoms with Gasteiger partial charge in [-0.2, -0.15) is 0 Å². The molecule has 0 fully saturated rings. The highest BCUT2D eigenvalue weighted by Crippen LogP contribution is 2.22. The molecular formula is C24H28N2O2. The molecule has 2 N–H and O–H groups in total. The lowest BCUT2D eigenvalue weighted by atomic mass is 10.3. The molecular weight excluding hydrogens is 348 g/mol. The molecule has 0 saturated heterocycles. The molecule has 0 atom stereocenters. The zero-order valence-electron chi connectivity index (χ0n) is 16.4. The van der Waals surface area contributed by atoms with Crippen molar-refractivity contribution in [3.63, 3.8) is 0 Å². The normalized spacial score (nSPS) is 10.3. The molecule has 0 radical (unpaired) electrons. The van der Waals surface area contributed by atoms with Crippen LogP contribution < -0.4 is 20.1 Å². The highest BCUT2D eigenvalue weighted by molar-refractivity contribution is 5.49. The lowest BCUT2D eigenvalue weighted by Gasteiger charge is -2.11. The number of hydrogen-bond acceptors (Lipinski definition) is 4. The minimum Gasteiger partial charge on any atom is -0.494 e. The van der Waals surface area contributed by atoms with Gasteiger partial charge < -0.3 is 20.1 Å². The van der Waals surface area contributed by atoms with E-state index in [4.69, 9.17) is 9.47 Å². The standard InChI is InChI=1S/C24H28N2O2/c1-2-3-19-27-22-13-9-20(10-14-22)25-17-18-26-21-11-15-24(16-12-21)28-23-7-5-4-6-8-23/h4-16,25-26H,2-3,17-19H2,1H3. The molecule has 0 saturated carbocycles. The molecule has 0 aliphatic rings. The molecule has 4 nitrogen and oxygen atoms in total. The SMILES string of the molecule is CCCCOc1ccc(NCCNc2ccc(Oc3ccccc3)cc2)cc1. The van der Waals surface area contributed by atoms with Crippen LogP contribution in [0.25, 0.3) is 0 Å². The Kier molecular flexibility index (Phi) is 7.62. The van der Waals surface area contributed by atoms with Gasteiger partial charge >= 0.3 is 0 Å². The summed E-state index contributed by atoms with van der Waals surface area (Å²) in [6, 6.07) is 25.9. The molecule has 3 aromatic rings. The second-order valence-electron chi connectivity index (χ2n) is 6.52. The summed E-state index contributed by atoms with van der Waals surface area (Å²) in [5.74, 6) is 2.60. The Morgan fingerprint density at radius 2 is 1.18 bits per heavy atom. The van der Waals surface area contributed by atoms with Crippen molar-refractivity contribution in [2.24, 2.45) is 0 Å². The van der Waals surface area contributed by atoms with Crippen LogP contribution in [0, 0.1) is 0 Å². The van der Waals surface area contributed by atoms with Gasteiger partial charge in [0.05, 0.1) is 6.61 Å². The maximum absolute atomic E-state index is 5.81. The van der Waals surface area contributed by atoms with Gasteiger partial charge in [-0.05, 0) is 67.1 Å². The van der Waals surface area contributed by atoms with Crippen molar-refractivity contribution in [1.29, 1.82) is 0 Å². The zero-order chi connectivity index (χ0) is 19.4. The molecule has 0 unspecified atom stereocenters. The number of benzene rings is 3. The van der Waals surface area contributed by atoms with Gasteiger partial charge in [0.1, 0.15) is 17.2 Å². The fourth-order valence-electron chi connectivity index (χ4n) is 2.68. The highest BCUT2D eigenvalue weighted by atomic mass is 16.5. The molecule has 28 heavy (non-hydrogen) atoms. The summed E-state index contributed by atoms with van der Waals surface area (Å²) in [4.78, 5) is 0. The predicted molar refractivity (Wildman–Crippen MR) is 117 cm³/mol. The summed E-state index contributed by atoms with van der Waals surface area (Å²) in [5.41, 5.74) is 2.16. The van der Waals surface area contributed by atoms with Crippen molar-refractivity contribution in [3.05, 3.63) is 78.9 Å². The maximum Gasteiger partial charge on any atom is 0.127 e. The van der Waals surface area contributed by atoms with Crippen LogP contribution in [0.5, 0.6) is 17.2 Å². The van der Waals surface area contributed by atoms with Crippen LogP contribution in [-0.2, 0) is 0 Å². The van der Waals surface area contributed by atoms with E-state index in [1.54, 1.807) is 0 Å². The molecule has 0 aliphatic heterocycles. The third-order valence-electron chi connectivity index (χ3n) is 4.24. The van der Waals surface area contributed by atoms with Gasteiger partial charge in [-0.3, -0.25) is 0 Å². The maximum atomic E-state index is 5.81. The average molecular weight is 376 g/mol. The van der Waals surface area contributed by atoms with Crippen molar-refractivity contribution < 1.29 is 9.47 Å². The molecule has 4 heteroatoms. The fraction of sp³-hybridized carbons (Fsp3) is 0.250. The Morgan fingerprint density at radius 1 is 0.643 bits per heavy atom. The van der Waals surface area contributed by atoms with Crippen molar-refractivity contribution in [3.8, 4) is 17.2 Å². The third-order valence-corrected chi connectivity index (χ3v) is 4.24. The van der Waals surface area contributed by atoms with E-state index in [0.29, 0.717) is 0 Å². The predicted octanol–water partition coefficient (Wildman–Crippen LogP) is 6.18. The van der Waals surface area contributed by atoms with Gasteiger partial charge in [0.2, 0.25) is 0 Å². The van der Waals surface area contributed by atoms with Crippen LogP contribution in [0.1, 0.15) is 19.8 Å². The van der Waals surface area contributed by atoms with E-state index < -0.39 is 0 Å². The van der Waals surface area contributed by atoms with Gasteiger partial charge in [0.15, 0.2) is 0 Å². The number of hydrogen-bond donors (Lipinski definition) is 2. The number of nitrogens with one attached hydrogen (secondary N) is 2. The van der Waals surface area contributed by atoms with Crippen molar-refractivity contribution in [1.82, 2.24) is 0 Å². The highest BCUT2D eigenvalue weighted by Gasteiger charge is 1.98. The average Bonchev–Trinajstić information content (AvgIpc) is 2.74. The van der Waals surface area contributed by atoms with Gasteiger partial charge in [-0.25, -0.2) is 0 Å². The quantitative estimate of drug-likeness (QED) is 0.392. The Balaban J connectivity index is 1.37. The van der Waals surface area contributed by atoms with Crippen LogP contribution in [0.4, 0.5) is 11.4 Å². The number of para-hydroxylation sites is 1. The van der Waals surface area contributed by atoms with Crippen molar-refractivity contribution in [2.45, 2.75) is 19.8 Å². The summed E-state index contributed by atoms with van der Waals surface area (Å²) in [7, 11) is 0. The Labute approximate surface area is 167 Å². The van der Waals surface area contributed by atoms with E-state index in [1.807, 2.05) is 66.7 Å². The number of rotatable bonds is 11. The number of unbranched alkanes of at least 4 members (excludes halogenated alkanes) is 1. The summed E-state index contributed by atoms with van der Waals surface area (Å²) in [6.07, 6.45) is 2.24. The largest absolute Gasteiger partial charge is 0.494 e. The first-order valence-corrected chi connectivity index (χ1v) is 9.87. The minimum atomic E-state index is 0.780. The molecule has 0 amide bonds. The molecule has 0 aliphatic carbocycles. The van der Waals surface area contributed by atoms with E-state index in [0.717, 1.165) is 61.2 Å². The number of ether oxygens (including phenoxy) is 2. The van der Waals surface area contributed by atoms with Gasteiger partial charge in [-0.15, -0.1) is 0 Å². The first kappa shape index (κ1) is 19.6. The minimum absolute atomic E-state index is 0.780. The lowest BCUT2D eigenvalue weighted by Crippen LogP contribution is -2.13. The Morgan fingerprint density at radius 3 is 1.75 bits per heavy atom. The molecule has 3 rings (SSSR count). The summed E-state index contributed by atoms with van der Waals surface area (Å²) < 4.78 is 11.5. The third kappa shape index (κ3) is 6.54. The van der Waals surface area contributed by atoms with Crippen molar-refractivity contribution in [2.75, 3.05) is 30.3 Å².